The predicted octanol–water partition coefficient (Wildman–Crippen LogP) is 1.89. The first-order valence-electron chi connectivity index (χ1n) is 9.67. The topological polar surface area (TPSA) is 67.9 Å². The minimum Gasteiger partial charge on any atom is -0.299 e. The lowest BCUT2D eigenvalue weighted by Crippen LogP contribution is -2.42. The molecule has 0 saturated carbocycles. The highest BCUT2D eigenvalue weighted by atomic mass is 15.6. The van der Waals surface area contributed by atoms with Crippen molar-refractivity contribution in [2.24, 2.45) is 13.0 Å². The summed E-state index contributed by atoms with van der Waals surface area (Å²) >= 11 is 0. The average Bonchev–Trinajstić information content (AvgIpc) is 3.23. The Balaban J connectivity index is 1.72. The number of hydrogen-bond donors (Lipinski definition) is 0. The average molecular weight is 361 g/mol. The molecule has 0 aliphatic carbocycles. The number of aryl methyl sites for hydroxylation is 1. The normalized spacial score (nSPS) is 21.8. The molecule has 2 atom stereocenters. The molecule has 3 rings (SSSR count). The van der Waals surface area contributed by atoms with Crippen LogP contribution in [0.4, 0.5) is 0 Å². The largest absolute Gasteiger partial charge is 0.299 e. The van der Waals surface area contributed by atoms with E-state index in [-0.39, 0.29) is 6.04 Å². The third-order valence-corrected chi connectivity index (χ3v) is 5.34. The highest BCUT2D eigenvalue weighted by Gasteiger charge is 2.33. The van der Waals surface area contributed by atoms with Gasteiger partial charge in [0, 0.05) is 31.4 Å². The summed E-state index contributed by atoms with van der Waals surface area (Å²) in [6, 6.07) is 0.716. The third kappa shape index (κ3) is 4.12. The Kier molecular flexibility index (Phi) is 6.03. The van der Waals surface area contributed by atoms with Gasteiger partial charge in [-0.25, -0.2) is 4.68 Å². The predicted molar refractivity (Wildman–Crippen MR) is 100 cm³/mol. The quantitative estimate of drug-likeness (QED) is 0.751. The van der Waals surface area contributed by atoms with Gasteiger partial charge >= 0.3 is 0 Å². The zero-order valence-electron chi connectivity index (χ0n) is 16.7. The van der Waals surface area contributed by atoms with Gasteiger partial charge in [-0.15, -0.1) is 5.10 Å². The molecule has 1 fully saturated rings. The Morgan fingerprint density at radius 3 is 2.81 bits per heavy atom. The van der Waals surface area contributed by atoms with Gasteiger partial charge < -0.3 is 0 Å². The number of aromatic nitrogens is 6. The Labute approximate surface area is 156 Å². The highest BCUT2D eigenvalue weighted by molar-refractivity contribution is 5.13. The maximum absolute atomic E-state index is 4.41. The van der Waals surface area contributed by atoms with Crippen LogP contribution in [0, 0.1) is 5.92 Å². The lowest BCUT2D eigenvalue weighted by molar-refractivity contribution is 0.0740. The first-order chi connectivity index (χ1) is 12.5. The molecule has 1 aliphatic rings. The van der Waals surface area contributed by atoms with Gasteiger partial charge in [-0.2, -0.15) is 5.10 Å². The monoisotopic (exact) mass is 360 g/mol. The van der Waals surface area contributed by atoms with E-state index in [0.717, 1.165) is 25.5 Å². The number of hydrogen-bond acceptors (Lipinski definition) is 6. The standard InChI is InChI=1S/C18H32N8/c1-6-25-9-7-8-15(18(25)16-10-19-24(5)12-16)11-23(4)13-17-20-21-22-26(17)14(2)3/h10,12,14-15,18H,6-9,11,13H2,1-5H3/t15-,18+/m0/s1. The summed E-state index contributed by atoms with van der Waals surface area (Å²) in [7, 11) is 4.17. The Bertz CT molecular complexity index is 691. The zero-order chi connectivity index (χ0) is 18.7. The second kappa shape index (κ2) is 8.26. The minimum atomic E-state index is 0.279. The molecule has 1 aliphatic heterocycles. The number of piperidine rings is 1. The first kappa shape index (κ1) is 19.0. The molecule has 8 nitrogen and oxygen atoms in total. The fourth-order valence-electron chi connectivity index (χ4n) is 4.20. The third-order valence-electron chi connectivity index (χ3n) is 5.34. The van der Waals surface area contributed by atoms with E-state index in [2.05, 4.69) is 64.4 Å². The molecule has 0 unspecified atom stereocenters. The summed E-state index contributed by atoms with van der Waals surface area (Å²) in [5.74, 6) is 1.52. The fourth-order valence-corrected chi connectivity index (χ4v) is 4.20. The second-order valence-electron chi connectivity index (χ2n) is 7.75. The summed E-state index contributed by atoms with van der Waals surface area (Å²) < 4.78 is 3.82. The Hall–Kier alpha value is -1.80. The molecule has 2 aromatic heterocycles. The van der Waals surface area contributed by atoms with Crippen LogP contribution in [0.15, 0.2) is 12.4 Å². The van der Waals surface area contributed by atoms with Crippen LogP contribution in [-0.2, 0) is 13.6 Å². The van der Waals surface area contributed by atoms with Crippen LogP contribution in [0.5, 0.6) is 0 Å². The Morgan fingerprint density at radius 2 is 2.15 bits per heavy atom. The molecular weight excluding hydrogens is 328 g/mol. The van der Waals surface area contributed by atoms with Crippen molar-refractivity contribution < 1.29 is 0 Å². The van der Waals surface area contributed by atoms with E-state index in [1.54, 1.807) is 0 Å². The van der Waals surface area contributed by atoms with Crippen LogP contribution in [0.1, 0.15) is 57.1 Å². The number of likely N-dealkylation sites (tertiary alicyclic amines) is 1. The van der Waals surface area contributed by atoms with Crippen molar-refractivity contribution in [3.8, 4) is 0 Å². The summed E-state index contributed by atoms with van der Waals surface area (Å²) in [6.45, 7) is 10.5. The molecule has 144 valence electrons. The van der Waals surface area contributed by atoms with E-state index in [9.17, 15) is 0 Å². The summed E-state index contributed by atoms with van der Waals surface area (Å²) in [6.07, 6.45) is 6.71. The van der Waals surface area contributed by atoms with E-state index >= 15 is 0 Å². The van der Waals surface area contributed by atoms with Crippen molar-refractivity contribution in [2.45, 2.75) is 52.2 Å². The minimum absolute atomic E-state index is 0.279. The van der Waals surface area contributed by atoms with Crippen molar-refractivity contribution in [3.63, 3.8) is 0 Å². The molecule has 2 aromatic rings. The van der Waals surface area contributed by atoms with E-state index in [1.807, 2.05) is 22.6 Å². The van der Waals surface area contributed by atoms with Gasteiger partial charge in [-0.3, -0.25) is 14.5 Å². The van der Waals surface area contributed by atoms with Gasteiger partial charge in [-0.1, -0.05) is 6.92 Å². The molecule has 0 aromatic carbocycles. The maximum atomic E-state index is 4.41. The molecule has 0 N–H and O–H groups in total. The van der Waals surface area contributed by atoms with Gasteiger partial charge in [0.15, 0.2) is 5.82 Å². The van der Waals surface area contributed by atoms with Gasteiger partial charge in [-0.05, 0) is 63.2 Å². The molecule has 8 heteroatoms. The molecule has 0 radical (unpaired) electrons. The molecule has 0 spiro atoms. The molecule has 0 amide bonds. The van der Waals surface area contributed by atoms with Crippen LogP contribution in [0.25, 0.3) is 0 Å². The van der Waals surface area contributed by atoms with Gasteiger partial charge in [0.2, 0.25) is 0 Å². The highest BCUT2D eigenvalue weighted by Crippen LogP contribution is 2.36. The number of nitrogens with zero attached hydrogens (tertiary/aromatic N) is 8. The van der Waals surface area contributed by atoms with Crippen molar-refractivity contribution in [2.75, 3.05) is 26.7 Å². The van der Waals surface area contributed by atoms with Crippen molar-refractivity contribution >= 4 is 0 Å². The molecule has 0 bridgehead atoms. The molecule has 3 heterocycles. The van der Waals surface area contributed by atoms with E-state index in [0.29, 0.717) is 12.0 Å². The van der Waals surface area contributed by atoms with Gasteiger partial charge in [0.05, 0.1) is 18.8 Å². The maximum Gasteiger partial charge on any atom is 0.165 e. The number of tetrazole rings is 1. The summed E-state index contributed by atoms with van der Waals surface area (Å²) in [4.78, 5) is 4.95. The zero-order valence-corrected chi connectivity index (χ0v) is 16.7. The second-order valence-corrected chi connectivity index (χ2v) is 7.75. The van der Waals surface area contributed by atoms with Crippen LogP contribution in [-0.4, -0.2) is 66.5 Å². The van der Waals surface area contributed by atoms with E-state index in [1.165, 1.54) is 24.9 Å². The molecule has 26 heavy (non-hydrogen) atoms. The van der Waals surface area contributed by atoms with Crippen LogP contribution >= 0.6 is 0 Å². The van der Waals surface area contributed by atoms with Crippen molar-refractivity contribution in [1.82, 2.24) is 39.8 Å². The van der Waals surface area contributed by atoms with Crippen LogP contribution < -0.4 is 0 Å². The SMILES string of the molecule is CCN1CCC[C@@H](CN(C)Cc2nnnn2C(C)C)[C@@H]1c1cnn(C)c1. The summed E-state index contributed by atoms with van der Waals surface area (Å²) in [5, 5.41) is 16.6. The van der Waals surface area contributed by atoms with Crippen LogP contribution in [0.3, 0.4) is 0 Å². The lowest BCUT2D eigenvalue weighted by Gasteiger charge is -2.42. The fraction of sp³-hybridized carbons (Fsp3) is 0.778. The summed E-state index contributed by atoms with van der Waals surface area (Å²) in [5.41, 5.74) is 1.33. The molecular formula is C18H32N8. The van der Waals surface area contributed by atoms with Crippen molar-refractivity contribution in [3.05, 3.63) is 23.8 Å². The van der Waals surface area contributed by atoms with E-state index < -0.39 is 0 Å². The van der Waals surface area contributed by atoms with E-state index in [4.69, 9.17) is 0 Å². The van der Waals surface area contributed by atoms with Gasteiger partial charge in [0.25, 0.3) is 0 Å². The Morgan fingerprint density at radius 1 is 1.35 bits per heavy atom. The van der Waals surface area contributed by atoms with Crippen molar-refractivity contribution in [1.29, 1.82) is 0 Å². The first-order valence-corrected chi connectivity index (χ1v) is 9.67. The van der Waals surface area contributed by atoms with Gasteiger partial charge in [0.1, 0.15) is 0 Å². The smallest absolute Gasteiger partial charge is 0.165 e. The van der Waals surface area contributed by atoms with Crippen LogP contribution in [0.2, 0.25) is 0 Å². The lowest BCUT2D eigenvalue weighted by atomic mass is 9.85. The number of rotatable bonds is 7. The molecule has 1 saturated heterocycles.